The Hall–Kier alpha value is -2.40. The number of hydrogen-bond acceptors (Lipinski definition) is 4. The maximum Gasteiger partial charge on any atom is 0.261 e. The highest BCUT2D eigenvalue weighted by molar-refractivity contribution is 8.13. The van der Waals surface area contributed by atoms with E-state index in [4.69, 9.17) is 0 Å². The molecule has 4 nitrogen and oxygen atoms in total. The van der Waals surface area contributed by atoms with Gasteiger partial charge in [0.1, 0.15) is 0 Å². The second kappa shape index (κ2) is 5.54. The Bertz CT molecular complexity index is 692. The average molecular weight is 297 g/mol. The van der Waals surface area contributed by atoms with Crippen molar-refractivity contribution in [2.24, 2.45) is 0 Å². The number of carbonyl (C=O) groups is 3. The third-order valence-electron chi connectivity index (χ3n) is 3.14. The summed E-state index contributed by atoms with van der Waals surface area (Å²) in [6.07, 6.45) is 0. The molecule has 1 aliphatic rings. The topological polar surface area (TPSA) is 54.5 Å². The third-order valence-corrected chi connectivity index (χ3v) is 4.00. The van der Waals surface area contributed by atoms with Crippen LogP contribution in [0.3, 0.4) is 0 Å². The summed E-state index contributed by atoms with van der Waals surface area (Å²) < 4.78 is 0. The van der Waals surface area contributed by atoms with E-state index in [0.29, 0.717) is 11.1 Å². The molecular formula is C16H11NO3S. The molecule has 21 heavy (non-hydrogen) atoms. The molecule has 0 aromatic heterocycles. The molecule has 2 aromatic carbocycles. The summed E-state index contributed by atoms with van der Waals surface area (Å²) in [5.74, 6) is -0.810. The molecule has 0 radical (unpaired) electrons. The highest BCUT2D eigenvalue weighted by Gasteiger charge is 2.36. The Morgan fingerprint density at radius 1 is 0.857 bits per heavy atom. The van der Waals surface area contributed by atoms with E-state index in [9.17, 15) is 14.4 Å². The third kappa shape index (κ3) is 2.60. The van der Waals surface area contributed by atoms with Gasteiger partial charge in [0.25, 0.3) is 11.8 Å². The van der Waals surface area contributed by atoms with E-state index in [1.165, 1.54) is 0 Å². The van der Waals surface area contributed by atoms with Crippen molar-refractivity contribution in [2.45, 2.75) is 4.90 Å². The SMILES string of the molecule is O=C(CN1C(=O)c2ccccc2C1=O)Sc1ccccc1. The molecule has 2 aromatic rings. The van der Waals surface area contributed by atoms with Crippen LogP contribution in [0.1, 0.15) is 20.7 Å². The van der Waals surface area contributed by atoms with Gasteiger partial charge in [-0.2, -0.15) is 0 Å². The number of thioether (sulfide) groups is 1. The zero-order chi connectivity index (χ0) is 14.8. The quantitative estimate of drug-likeness (QED) is 0.645. The van der Waals surface area contributed by atoms with Gasteiger partial charge < -0.3 is 0 Å². The summed E-state index contributed by atoms with van der Waals surface area (Å²) in [5, 5.41) is -0.240. The Morgan fingerprint density at radius 3 is 1.95 bits per heavy atom. The lowest BCUT2D eigenvalue weighted by atomic mass is 10.1. The standard InChI is InChI=1S/C16H11NO3S/c18-14(21-11-6-2-1-3-7-11)10-17-15(19)12-8-4-5-9-13(12)16(17)20/h1-9H,10H2. The molecule has 0 bridgehead atoms. The lowest BCUT2D eigenvalue weighted by Crippen LogP contribution is -2.33. The molecule has 3 rings (SSSR count). The number of imide groups is 1. The van der Waals surface area contributed by atoms with Crippen molar-refractivity contribution >= 4 is 28.7 Å². The lowest BCUT2D eigenvalue weighted by molar-refractivity contribution is -0.111. The average Bonchev–Trinajstić information content (AvgIpc) is 2.74. The molecule has 0 N–H and O–H groups in total. The minimum Gasteiger partial charge on any atom is -0.285 e. The zero-order valence-corrected chi connectivity index (χ0v) is 11.8. The number of rotatable bonds is 3. The molecule has 0 unspecified atom stereocenters. The van der Waals surface area contributed by atoms with Crippen LogP contribution in [-0.2, 0) is 4.79 Å². The molecule has 1 aliphatic heterocycles. The Balaban J connectivity index is 1.73. The van der Waals surface area contributed by atoms with Crippen LogP contribution < -0.4 is 0 Å². The summed E-state index contributed by atoms with van der Waals surface area (Å²) in [7, 11) is 0. The molecule has 0 saturated carbocycles. The van der Waals surface area contributed by atoms with Crippen molar-refractivity contribution in [3.63, 3.8) is 0 Å². The first-order valence-corrected chi connectivity index (χ1v) is 7.19. The Kier molecular flexibility index (Phi) is 3.58. The van der Waals surface area contributed by atoms with Crippen LogP contribution in [0.5, 0.6) is 0 Å². The fourth-order valence-corrected chi connectivity index (χ4v) is 2.91. The summed E-state index contributed by atoms with van der Waals surface area (Å²) in [5.41, 5.74) is 0.722. The molecule has 5 heteroatoms. The molecule has 0 aliphatic carbocycles. The van der Waals surface area contributed by atoms with Gasteiger partial charge in [0.15, 0.2) is 0 Å². The lowest BCUT2D eigenvalue weighted by Gasteiger charge is -2.12. The zero-order valence-electron chi connectivity index (χ0n) is 11.0. The van der Waals surface area contributed by atoms with Gasteiger partial charge in [-0.1, -0.05) is 42.1 Å². The predicted molar refractivity (Wildman–Crippen MR) is 79.1 cm³/mol. The van der Waals surface area contributed by atoms with Crippen molar-refractivity contribution in [3.05, 3.63) is 65.7 Å². The second-order valence-corrected chi connectivity index (χ2v) is 5.66. The van der Waals surface area contributed by atoms with Crippen LogP contribution in [0.2, 0.25) is 0 Å². The van der Waals surface area contributed by atoms with Crippen molar-refractivity contribution in [1.29, 1.82) is 0 Å². The number of nitrogens with zero attached hydrogens (tertiary/aromatic N) is 1. The van der Waals surface area contributed by atoms with Crippen molar-refractivity contribution in [1.82, 2.24) is 4.90 Å². The van der Waals surface area contributed by atoms with E-state index in [-0.39, 0.29) is 11.7 Å². The fraction of sp³-hybridized carbons (Fsp3) is 0.0625. The fourth-order valence-electron chi connectivity index (χ4n) is 2.16. The normalized spacial score (nSPS) is 13.4. The first-order valence-electron chi connectivity index (χ1n) is 6.38. The van der Waals surface area contributed by atoms with Crippen molar-refractivity contribution in [3.8, 4) is 0 Å². The molecule has 1 heterocycles. The number of fused-ring (bicyclic) bond motifs is 1. The van der Waals surface area contributed by atoms with E-state index in [2.05, 4.69) is 0 Å². The van der Waals surface area contributed by atoms with Gasteiger partial charge in [-0.15, -0.1) is 0 Å². The Morgan fingerprint density at radius 2 is 1.38 bits per heavy atom. The molecular weight excluding hydrogens is 286 g/mol. The van der Waals surface area contributed by atoms with E-state index < -0.39 is 11.8 Å². The minimum atomic E-state index is -0.405. The first kappa shape index (κ1) is 13.6. The minimum absolute atomic E-state index is 0.216. The monoisotopic (exact) mass is 297 g/mol. The molecule has 0 saturated heterocycles. The van der Waals surface area contributed by atoms with Crippen molar-refractivity contribution in [2.75, 3.05) is 6.54 Å². The second-order valence-electron chi connectivity index (χ2n) is 4.53. The van der Waals surface area contributed by atoms with Crippen LogP contribution in [0.15, 0.2) is 59.5 Å². The van der Waals surface area contributed by atoms with Gasteiger partial charge in [-0.25, -0.2) is 0 Å². The van der Waals surface area contributed by atoms with Crippen LogP contribution in [0.4, 0.5) is 0 Å². The highest BCUT2D eigenvalue weighted by atomic mass is 32.2. The van der Waals surface area contributed by atoms with E-state index in [0.717, 1.165) is 21.6 Å². The van der Waals surface area contributed by atoms with Gasteiger partial charge in [0.2, 0.25) is 5.12 Å². The van der Waals surface area contributed by atoms with E-state index >= 15 is 0 Å². The van der Waals surface area contributed by atoms with Gasteiger partial charge in [0.05, 0.1) is 17.7 Å². The largest absolute Gasteiger partial charge is 0.285 e. The maximum atomic E-state index is 12.1. The number of benzene rings is 2. The molecule has 0 spiro atoms. The van der Waals surface area contributed by atoms with Crippen LogP contribution in [0, 0.1) is 0 Å². The smallest absolute Gasteiger partial charge is 0.261 e. The van der Waals surface area contributed by atoms with Crippen LogP contribution in [0.25, 0.3) is 0 Å². The first-order chi connectivity index (χ1) is 10.2. The van der Waals surface area contributed by atoms with E-state index in [1.807, 2.05) is 30.3 Å². The summed E-state index contributed by atoms with van der Waals surface area (Å²) in [6, 6.07) is 15.8. The molecule has 104 valence electrons. The summed E-state index contributed by atoms with van der Waals surface area (Å²) in [6.45, 7) is -0.216. The maximum absolute atomic E-state index is 12.1. The molecule has 0 atom stereocenters. The van der Waals surface area contributed by atoms with Gasteiger partial charge in [0, 0.05) is 4.90 Å². The van der Waals surface area contributed by atoms with Gasteiger partial charge in [-0.05, 0) is 24.3 Å². The van der Waals surface area contributed by atoms with Gasteiger partial charge >= 0.3 is 0 Å². The van der Waals surface area contributed by atoms with Crippen molar-refractivity contribution < 1.29 is 14.4 Å². The summed E-state index contributed by atoms with van der Waals surface area (Å²) >= 11 is 1.03. The number of amides is 2. The number of hydrogen-bond donors (Lipinski definition) is 0. The Labute approximate surface area is 125 Å². The summed E-state index contributed by atoms with van der Waals surface area (Å²) in [4.78, 5) is 38.1. The van der Waals surface area contributed by atoms with Gasteiger partial charge in [-0.3, -0.25) is 19.3 Å². The molecule has 2 amide bonds. The van der Waals surface area contributed by atoms with E-state index in [1.54, 1.807) is 24.3 Å². The predicted octanol–water partition coefficient (Wildman–Crippen LogP) is 2.60. The molecule has 0 fully saturated rings. The van der Waals surface area contributed by atoms with Crippen LogP contribution >= 0.6 is 11.8 Å². The van der Waals surface area contributed by atoms with Crippen LogP contribution in [-0.4, -0.2) is 28.4 Å². The number of carbonyl (C=O) groups excluding carboxylic acids is 3. The highest BCUT2D eigenvalue weighted by Crippen LogP contribution is 2.24.